The Kier molecular flexibility index (Phi) is 4.34. The van der Waals surface area contributed by atoms with Gasteiger partial charge in [-0.05, 0) is 24.1 Å². The van der Waals surface area contributed by atoms with Crippen LogP contribution in [0.15, 0.2) is 30.3 Å². The molecule has 2 rings (SSSR count). The van der Waals surface area contributed by atoms with Gasteiger partial charge in [-0.15, -0.1) is 0 Å². The molecule has 0 spiro atoms. The van der Waals surface area contributed by atoms with E-state index in [0.717, 1.165) is 11.1 Å². The maximum Gasteiger partial charge on any atom is 0.325 e. The molecule has 1 aromatic carbocycles. The van der Waals surface area contributed by atoms with E-state index in [2.05, 4.69) is 5.32 Å². The summed E-state index contributed by atoms with van der Waals surface area (Å²) in [5.74, 6) is -0.908. The number of benzene rings is 1. The fraction of sp³-hybridized carbons (Fsp3) is 0.214. The summed E-state index contributed by atoms with van der Waals surface area (Å²) in [7, 11) is 0. The van der Waals surface area contributed by atoms with Crippen LogP contribution in [-0.2, 0) is 16.1 Å². The van der Waals surface area contributed by atoms with Crippen LogP contribution in [0, 0.1) is 0 Å². The van der Waals surface area contributed by atoms with Crippen LogP contribution in [-0.4, -0.2) is 34.0 Å². The molecule has 110 valence electrons. The SMILES string of the molecule is CC1C(=O)NC(=O)N1Cc1ccc(/C=C/C(=O)NO)cc1. The highest BCUT2D eigenvalue weighted by molar-refractivity contribution is 6.03. The standard InChI is InChI=1S/C14H15N3O4/c1-9-13(19)15-14(20)17(9)8-11-4-2-10(3-5-11)6-7-12(18)16-21/h2-7,9,21H,8H2,1H3,(H,16,18)(H,15,19,20)/b7-6+. The van der Waals surface area contributed by atoms with Gasteiger partial charge >= 0.3 is 6.03 Å². The molecule has 1 heterocycles. The van der Waals surface area contributed by atoms with E-state index in [-0.39, 0.29) is 5.91 Å². The predicted molar refractivity (Wildman–Crippen MR) is 73.9 cm³/mol. The van der Waals surface area contributed by atoms with Crippen LogP contribution in [0.3, 0.4) is 0 Å². The molecule has 0 saturated carbocycles. The van der Waals surface area contributed by atoms with Gasteiger partial charge in [-0.25, -0.2) is 10.3 Å². The third kappa shape index (κ3) is 3.46. The van der Waals surface area contributed by atoms with Gasteiger partial charge in [0.25, 0.3) is 11.8 Å². The number of imide groups is 1. The Bertz CT molecular complexity index is 595. The molecule has 0 aliphatic carbocycles. The Morgan fingerprint density at radius 2 is 2.05 bits per heavy atom. The van der Waals surface area contributed by atoms with Crippen LogP contribution in [0.1, 0.15) is 18.1 Å². The smallest absolute Gasteiger partial charge is 0.308 e. The summed E-state index contributed by atoms with van der Waals surface area (Å²) in [5, 5.41) is 10.6. The molecular formula is C14H15N3O4. The van der Waals surface area contributed by atoms with Gasteiger partial charge in [-0.2, -0.15) is 0 Å². The summed E-state index contributed by atoms with van der Waals surface area (Å²) in [5.41, 5.74) is 3.15. The van der Waals surface area contributed by atoms with Crippen LogP contribution in [0.2, 0.25) is 0 Å². The van der Waals surface area contributed by atoms with Crippen LogP contribution in [0.4, 0.5) is 4.79 Å². The van der Waals surface area contributed by atoms with Crippen LogP contribution in [0.25, 0.3) is 6.08 Å². The Hall–Kier alpha value is -2.67. The van der Waals surface area contributed by atoms with Crippen molar-refractivity contribution >= 4 is 23.9 Å². The quantitative estimate of drug-likeness (QED) is 0.328. The normalized spacial score (nSPS) is 18.2. The van der Waals surface area contributed by atoms with E-state index < -0.39 is 18.0 Å². The van der Waals surface area contributed by atoms with Crippen molar-refractivity contribution in [2.24, 2.45) is 0 Å². The second-order valence-corrected chi connectivity index (χ2v) is 4.65. The minimum absolute atomic E-state index is 0.297. The number of nitrogens with zero attached hydrogens (tertiary/aromatic N) is 1. The lowest BCUT2D eigenvalue weighted by Gasteiger charge is -2.18. The van der Waals surface area contributed by atoms with Crippen molar-refractivity contribution in [3.05, 3.63) is 41.5 Å². The molecule has 4 amide bonds. The fourth-order valence-corrected chi connectivity index (χ4v) is 1.95. The molecule has 1 aliphatic rings. The third-order valence-electron chi connectivity index (χ3n) is 3.21. The average Bonchev–Trinajstić information content (AvgIpc) is 2.72. The van der Waals surface area contributed by atoms with Gasteiger partial charge in [0.15, 0.2) is 0 Å². The van der Waals surface area contributed by atoms with Gasteiger partial charge in [0, 0.05) is 12.6 Å². The van der Waals surface area contributed by atoms with Crippen molar-refractivity contribution in [3.8, 4) is 0 Å². The first-order chi connectivity index (χ1) is 10.0. The van der Waals surface area contributed by atoms with Crippen molar-refractivity contribution < 1.29 is 19.6 Å². The highest BCUT2D eigenvalue weighted by Gasteiger charge is 2.34. The number of nitrogens with one attached hydrogen (secondary N) is 2. The van der Waals surface area contributed by atoms with E-state index >= 15 is 0 Å². The lowest BCUT2D eigenvalue weighted by atomic mass is 10.1. The number of hydrogen-bond donors (Lipinski definition) is 3. The zero-order valence-corrected chi connectivity index (χ0v) is 11.4. The first-order valence-corrected chi connectivity index (χ1v) is 6.34. The van der Waals surface area contributed by atoms with Crippen LogP contribution < -0.4 is 10.8 Å². The number of rotatable bonds is 4. The predicted octanol–water partition coefficient (Wildman–Crippen LogP) is 0.645. The number of hydrogen-bond acceptors (Lipinski definition) is 4. The third-order valence-corrected chi connectivity index (χ3v) is 3.21. The van der Waals surface area contributed by atoms with Crippen molar-refractivity contribution in [2.75, 3.05) is 0 Å². The number of carbonyl (C=O) groups excluding carboxylic acids is 3. The zero-order valence-electron chi connectivity index (χ0n) is 11.4. The van der Waals surface area contributed by atoms with E-state index in [1.54, 1.807) is 37.3 Å². The highest BCUT2D eigenvalue weighted by atomic mass is 16.5. The molecule has 7 nitrogen and oxygen atoms in total. The number of hydroxylamine groups is 1. The van der Waals surface area contributed by atoms with Gasteiger partial charge in [0.2, 0.25) is 0 Å². The molecular weight excluding hydrogens is 274 g/mol. The van der Waals surface area contributed by atoms with Gasteiger partial charge in [-0.1, -0.05) is 24.3 Å². The maximum atomic E-state index is 11.6. The first kappa shape index (κ1) is 14.7. The highest BCUT2D eigenvalue weighted by Crippen LogP contribution is 2.14. The minimum atomic E-state index is -0.611. The molecule has 3 N–H and O–H groups in total. The first-order valence-electron chi connectivity index (χ1n) is 6.34. The Balaban J connectivity index is 2.03. The topological polar surface area (TPSA) is 98.7 Å². The molecule has 1 saturated heterocycles. The molecule has 1 fully saturated rings. The molecule has 1 aromatic rings. The van der Waals surface area contributed by atoms with E-state index in [4.69, 9.17) is 5.21 Å². The van der Waals surface area contributed by atoms with Crippen LogP contribution in [0.5, 0.6) is 0 Å². The summed E-state index contributed by atoms with van der Waals surface area (Å²) in [6.45, 7) is 2.00. The summed E-state index contributed by atoms with van der Waals surface area (Å²) in [4.78, 5) is 35.3. The molecule has 1 aliphatic heterocycles. The number of amides is 4. The fourth-order valence-electron chi connectivity index (χ4n) is 1.95. The molecule has 0 aromatic heterocycles. The molecule has 1 unspecified atom stereocenters. The molecule has 7 heteroatoms. The largest absolute Gasteiger partial charge is 0.325 e. The van der Waals surface area contributed by atoms with Gasteiger partial charge < -0.3 is 4.90 Å². The summed E-state index contributed by atoms with van der Waals surface area (Å²) in [6, 6.07) is 6.29. The summed E-state index contributed by atoms with van der Waals surface area (Å²) in [6.07, 6.45) is 2.74. The Morgan fingerprint density at radius 1 is 1.38 bits per heavy atom. The number of urea groups is 1. The van der Waals surface area contributed by atoms with E-state index in [1.165, 1.54) is 16.5 Å². The molecule has 1 atom stereocenters. The van der Waals surface area contributed by atoms with Gasteiger partial charge in [-0.3, -0.25) is 20.1 Å². The Labute approximate surface area is 121 Å². The summed E-state index contributed by atoms with van der Waals surface area (Å²) < 4.78 is 0. The monoisotopic (exact) mass is 289 g/mol. The lowest BCUT2D eigenvalue weighted by Crippen LogP contribution is -2.32. The zero-order chi connectivity index (χ0) is 15.4. The van der Waals surface area contributed by atoms with Gasteiger partial charge in [0.1, 0.15) is 6.04 Å². The second kappa shape index (κ2) is 6.19. The van der Waals surface area contributed by atoms with Crippen molar-refractivity contribution in [3.63, 3.8) is 0 Å². The van der Waals surface area contributed by atoms with Crippen molar-refractivity contribution in [1.82, 2.24) is 15.7 Å². The Morgan fingerprint density at radius 3 is 2.57 bits per heavy atom. The lowest BCUT2D eigenvalue weighted by molar-refractivity contribution is -0.124. The molecule has 21 heavy (non-hydrogen) atoms. The second-order valence-electron chi connectivity index (χ2n) is 4.65. The minimum Gasteiger partial charge on any atom is -0.308 e. The van der Waals surface area contributed by atoms with Crippen molar-refractivity contribution in [2.45, 2.75) is 19.5 Å². The molecule has 0 bridgehead atoms. The van der Waals surface area contributed by atoms with E-state index in [1.807, 2.05) is 0 Å². The molecule has 0 radical (unpaired) electrons. The summed E-state index contributed by atoms with van der Waals surface area (Å²) >= 11 is 0. The van der Waals surface area contributed by atoms with Gasteiger partial charge in [0.05, 0.1) is 0 Å². The van der Waals surface area contributed by atoms with E-state index in [9.17, 15) is 14.4 Å². The average molecular weight is 289 g/mol. The number of carbonyl (C=O) groups is 3. The van der Waals surface area contributed by atoms with E-state index in [0.29, 0.717) is 6.54 Å². The maximum absolute atomic E-state index is 11.6. The van der Waals surface area contributed by atoms with Crippen LogP contribution >= 0.6 is 0 Å². The van der Waals surface area contributed by atoms with Crippen molar-refractivity contribution in [1.29, 1.82) is 0 Å².